The van der Waals surface area contributed by atoms with Gasteiger partial charge in [0.25, 0.3) is 0 Å². The van der Waals surface area contributed by atoms with Crippen LogP contribution < -0.4 is 0 Å². The third-order valence-corrected chi connectivity index (χ3v) is 153. The van der Waals surface area contributed by atoms with Crippen molar-refractivity contribution < 1.29 is 57.5 Å². The molecular weight excluding hydrogens is 2060 g/mol. The molecule has 0 aromatic rings. The van der Waals surface area contributed by atoms with Gasteiger partial charge in [0.2, 0.25) is 0 Å². The molecule has 147 heavy (non-hydrogen) atoms. The summed E-state index contributed by atoms with van der Waals surface area (Å²) in [5.74, 6) is 0. The van der Waals surface area contributed by atoms with E-state index >= 15 is 0 Å². The van der Waals surface area contributed by atoms with E-state index in [0.717, 1.165) is 240 Å². The molecule has 0 aliphatic heterocycles. The Morgan fingerprint density at radius 3 is 0.184 bits per heavy atom. The molecule has 0 saturated carbocycles. The van der Waals surface area contributed by atoms with Gasteiger partial charge >= 0.3 is 940 Å². The Balaban J connectivity index is -0.000000588. The molecule has 0 radical (unpaired) electrons. The summed E-state index contributed by atoms with van der Waals surface area (Å²) in [5, 5.41) is 0. The summed E-state index contributed by atoms with van der Waals surface area (Å²) in [6.45, 7) is 119. The first-order chi connectivity index (χ1) is 67.4. The van der Waals surface area contributed by atoms with Crippen LogP contribution in [0.2, 0.25) is 0 Å². The molecule has 0 atom stereocenters. The van der Waals surface area contributed by atoms with Crippen molar-refractivity contribution in [1.82, 2.24) is 0 Å². The molecule has 0 amide bonds. The molecule has 12 nitrogen and oxygen atoms in total. The van der Waals surface area contributed by atoms with E-state index in [2.05, 4.69) is 415 Å². The molecular formula is C117H286B4FO12P13. The molecule has 0 heterocycles. The Morgan fingerprint density at radius 1 is 0.109 bits per heavy atom. The summed E-state index contributed by atoms with van der Waals surface area (Å²) >= 11 is 0. The first-order valence-corrected chi connectivity index (χ1v) is 99.6. The van der Waals surface area contributed by atoms with Gasteiger partial charge in [-0.25, -0.2) is 0 Å². The van der Waals surface area contributed by atoms with E-state index < -0.39 is 118 Å². The Kier molecular flexibility index (Phi) is 66.3. The van der Waals surface area contributed by atoms with Crippen LogP contribution in [-0.2, 0) is 53.3 Å². The van der Waals surface area contributed by atoms with Crippen LogP contribution in [0.25, 0.3) is 0 Å². The van der Waals surface area contributed by atoms with Gasteiger partial charge in [0.15, 0.2) is 0 Å². The van der Waals surface area contributed by atoms with Gasteiger partial charge in [0.05, 0.1) is 0 Å². The van der Waals surface area contributed by atoms with Crippen molar-refractivity contribution in [1.29, 1.82) is 0 Å². The predicted octanol–water partition coefficient (Wildman–Crippen LogP) is 43.2. The Labute approximate surface area is 932 Å². The zero-order valence-corrected chi connectivity index (χ0v) is 125. The molecule has 0 aliphatic rings. The maximum atomic E-state index is 14.6. The monoisotopic (exact) mass is 2350 g/mol. The Bertz CT molecular complexity index is 2750. The molecule has 0 saturated heterocycles. The molecule has 0 spiro atoms. The summed E-state index contributed by atoms with van der Waals surface area (Å²) in [7, 11) is -2.22. The van der Waals surface area contributed by atoms with Gasteiger partial charge in [-0.3, -0.25) is 0 Å². The fourth-order valence-electron chi connectivity index (χ4n) is 30.1. The van der Waals surface area contributed by atoms with Crippen molar-refractivity contribution in [3.8, 4) is 0 Å². The van der Waals surface area contributed by atoms with Crippen molar-refractivity contribution in [2.24, 2.45) is 0 Å². The van der Waals surface area contributed by atoms with Crippen LogP contribution in [0.1, 0.15) is 450 Å². The number of halogens is 1. The van der Waals surface area contributed by atoms with Gasteiger partial charge in [-0.1, -0.05) is 0 Å². The molecule has 0 aliphatic carbocycles. The average molecular weight is 2350 g/mol. The number of hydrogen-bond donors (Lipinski definition) is 0. The van der Waals surface area contributed by atoms with Crippen LogP contribution in [0.4, 0.5) is 4.20 Å². The minimum atomic E-state index is -2.76. The molecule has 0 aromatic heterocycles. The summed E-state index contributed by atoms with van der Waals surface area (Å²) in [6.07, 6.45) is 41.4. The molecule has 0 N–H and O–H groups in total. The van der Waals surface area contributed by atoms with Crippen LogP contribution in [0.15, 0.2) is 0 Å². The first kappa shape index (κ1) is 161. The van der Waals surface area contributed by atoms with Crippen molar-refractivity contribution >= 4 is 118 Å². The number of rotatable bonds is 76. The minimum absolute atomic E-state index is 0.251. The Hall–Kier alpha value is 5.30. The van der Waals surface area contributed by atoms with Crippen LogP contribution in [-0.4, -0.2) is 343 Å². The van der Waals surface area contributed by atoms with E-state index in [1.54, 1.807) is 0 Å². The van der Waals surface area contributed by atoms with Crippen LogP contribution in [0.3, 0.4) is 0 Å². The molecule has 30 heteroatoms. The fraction of sp³-hybridized carbons (Fsp3) is 1.00. The third-order valence-electron chi connectivity index (χ3n) is 51.0. The normalized spacial score (nSPS) is 17.2. The molecule has 0 unspecified atom stereocenters. The molecule has 0 rings (SSSR count). The van der Waals surface area contributed by atoms with E-state index in [1.807, 2.05) is 34.6 Å². The van der Waals surface area contributed by atoms with Crippen LogP contribution >= 0.6 is 88.9 Å². The number of hydrogen-bond acceptors (Lipinski definition) is 12. The maximum absolute atomic E-state index is 14.6. The van der Waals surface area contributed by atoms with Gasteiger partial charge in [-0.2, -0.15) is 0 Å². The van der Waals surface area contributed by atoms with Gasteiger partial charge in [0.1, 0.15) is 0 Å². The van der Waals surface area contributed by atoms with E-state index in [4.69, 9.17) is 53.3 Å². The van der Waals surface area contributed by atoms with Crippen molar-refractivity contribution in [3.05, 3.63) is 0 Å². The van der Waals surface area contributed by atoms with Gasteiger partial charge < -0.3 is 0 Å². The second kappa shape index (κ2) is 60.7. The average Bonchev–Trinajstić information content (AvgIpc) is 0.725. The zero-order chi connectivity index (χ0) is 118. The second-order valence-electron chi connectivity index (χ2n) is 51.2. The summed E-state index contributed by atoms with van der Waals surface area (Å²) in [6, 6.07) is 0. The van der Waals surface area contributed by atoms with Gasteiger partial charge in [0, 0.05) is 0 Å². The first-order valence-electron chi connectivity index (χ1n) is 63.5. The molecule has 0 fully saturated rings. The fourth-order valence-corrected chi connectivity index (χ4v) is 91.8. The van der Waals surface area contributed by atoms with Gasteiger partial charge in [-0.05, 0) is 0 Å². The summed E-state index contributed by atoms with van der Waals surface area (Å²) < 4.78 is 105. The Morgan fingerprint density at radius 2 is 0.163 bits per heavy atom. The van der Waals surface area contributed by atoms with E-state index in [1.165, 1.54) is 0 Å². The summed E-state index contributed by atoms with van der Waals surface area (Å²) in [5.41, 5.74) is 6.15. The van der Waals surface area contributed by atoms with Crippen molar-refractivity contribution in [2.45, 2.75) is 524 Å². The van der Waals surface area contributed by atoms with E-state index in [0.29, 0.717) is 67.9 Å². The van der Waals surface area contributed by atoms with Crippen LogP contribution in [0.5, 0.6) is 0 Å². The molecule has 0 bridgehead atoms. The van der Waals surface area contributed by atoms with Crippen LogP contribution in [0, 0.1) is 0 Å². The zero-order valence-electron chi connectivity index (χ0n) is 113. The van der Waals surface area contributed by atoms with E-state index in [-0.39, 0.29) is 5.66 Å². The molecule has 0 aromatic carbocycles. The SMILES string of the molecule is CCP(CC)(CC)(OB(OP(CC)(CC)(CC)C(C)C)OP(CC)(CC)(CC)C(C)C)C(C)C.CCP(CC)(CC)(OB(OP(CC)(CC)(CC)C(C)C)OP(CC)(CC)(CC)C(C)C)C(C)C.CCP(CC)(CC)(OB(OP(CC)(CC)(CC)C(C)C)OP(CC)(CC)(CC)C(C)C)C(C)C.CCP(CC)(CC)(OB(OP(CC)(CC)(CC)C(C)C)OP(CC)(CC)(CC)C(C)C)C(C)C.CCP(F)(CC)(CC)C(C)C. The van der Waals surface area contributed by atoms with E-state index in [9.17, 15) is 4.20 Å². The summed E-state index contributed by atoms with van der Waals surface area (Å²) in [4.78, 5) is 0. The standard InChI is InChI=1S/4C27H66BO3P3.C9H22FP/c4*1-16-32(17-2,18-3,25(10)11)29-28(30-33(19-4,20-5,21-6)26(12)13)31-34(22-7,23-8,24-9)27(14)15;1-6-11(10,7-2,8-3)9(4)5/h4*25-27H,16-24H2,1-15H3;9H,6-8H2,1-5H3. The third kappa shape index (κ3) is 29.6. The topological polar surface area (TPSA) is 111 Å². The van der Waals surface area contributed by atoms with Crippen molar-refractivity contribution in [3.63, 3.8) is 0 Å². The predicted molar refractivity (Wildman–Crippen MR) is 735 cm³/mol. The van der Waals surface area contributed by atoms with Crippen molar-refractivity contribution in [2.75, 3.05) is 240 Å². The molecule has 910 valence electrons. The second-order valence-corrected chi connectivity index (χ2v) is 136. The van der Waals surface area contributed by atoms with Gasteiger partial charge in [-0.15, -0.1) is 0 Å². The quantitative estimate of drug-likeness (QED) is 0.0427.